The fraction of sp³-hybridized carbons (Fsp3) is 0.150. The Morgan fingerprint density at radius 2 is 1.81 bits per heavy atom. The van der Waals surface area contributed by atoms with Crippen LogP contribution in [-0.2, 0) is 11.2 Å². The summed E-state index contributed by atoms with van der Waals surface area (Å²) in [7, 11) is 0. The Kier molecular flexibility index (Phi) is 6.20. The van der Waals surface area contributed by atoms with Crippen LogP contribution < -0.4 is 5.32 Å². The van der Waals surface area contributed by atoms with Gasteiger partial charge in [-0.25, -0.2) is 4.98 Å². The lowest BCUT2D eigenvalue weighted by molar-refractivity contribution is -0.115. The number of para-hydroxylation sites is 1. The molecule has 1 heterocycles. The lowest BCUT2D eigenvalue weighted by Gasteiger charge is -2.06. The number of thiazole rings is 1. The summed E-state index contributed by atoms with van der Waals surface area (Å²) in [6, 6.07) is 16.9. The van der Waals surface area contributed by atoms with Crippen molar-refractivity contribution >= 4 is 40.5 Å². The number of hydrogen-bond donors (Lipinski definition) is 1. The van der Waals surface area contributed by atoms with Crippen molar-refractivity contribution in [1.29, 1.82) is 0 Å². The van der Waals surface area contributed by atoms with Crippen LogP contribution in [0.4, 0.5) is 5.69 Å². The molecule has 0 unspecified atom stereocenters. The number of nitrogens with zero attached hydrogens (tertiary/aromatic N) is 1. The minimum atomic E-state index is -0.0958. The molecule has 3 rings (SSSR count). The molecule has 4 nitrogen and oxygen atoms in total. The Labute approximate surface area is 160 Å². The third-order valence-corrected chi connectivity index (χ3v) is 5.78. The molecular formula is C20H18N2O2S2. The van der Waals surface area contributed by atoms with Gasteiger partial charge in [0.1, 0.15) is 0 Å². The van der Waals surface area contributed by atoms with Crippen molar-refractivity contribution in [3.63, 3.8) is 0 Å². The van der Waals surface area contributed by atoms with E-state index in [0.717, 1.165) is 21.3 Å². The van der Waals surface area contributed by atoms with Gasteiger partial charge in [0.05, 0.1) is 17.9 Å². The standard InChI is InChI=1S/C20H18N2O2S2/c1-14-7-5-6-10-17(14)22-19(24)11-16-12-25-20(21-16)26-13-18(23)15-8-3-2-4-9-15/h2-10,12H,11,13H2,1H3,(H,22,24). The Bertz CT molecular complexity index is 907. The second kappa shape index (κ2) is 8.78. The van der Waals surface area contributed by atoms with Gasteiger partial charge in [0.15, 0.2) is 10.1 Å². The molecule has 1 N–H and O–H groups in total. The number of Topliss-reactive ketones (excluding diaryl/α,β-unsaturated/α-hetero) is 1. The minimum Gasteiger partial charge on any atom is -0.326 e. The predicted molar refractivity (Wildman–Crippen MR) is 107 cm³/mol. The number of carbonyl (C=O) groups excluding carboxylic acids is 2. The lowest BCUT2D eigenvalue weighted by Crippen LogP contribution is -2.15. The highest BCUT2D eigenvalue weighted by Gasteiger charge is 2.11. The molecule has 1 aromatic heterocycles. The molecular weight excluding hydrogens is 364 g/mol. The first-order chi connectivity index (χ1) is 12.6. The fourth-order valence-electron chi connectivity index (χ4n) is 2.34. The molecule has 0 bridgehead atoms. The molecule has 0 atom stereocenters. The van der Waals surface area contributed by atoms with E-state index in [0.29, 0.717) is 11.3 Å². The molecule has 0 radical (unpaired) electrons. The zero-order valence-corrected chi connectivity index (χ0v) is 15.9. The quantitative estimate of drug-likeness (QED) is 0.479. The normalized spacial score (nSPS) is 10.5. The summed E-state index contributed by atoms with van der Waals surface area (Å²) in [5.41, 5.74) is 3.26. The summed E-state index contributed by atoms with van der Waals surface area (Å²) in [4.78, 5) is 28.8. The van der Waals surface area contributed by atoms with E-state index in [1.54, 1.807) is 0 Å². The second-order valence-electron chi connectivity index (χ2n) is 5.72. The van der Waals surface area contributed by atoms with E-state index in [2.05, 4.69) is 10.3 Å². The number of thioether (sulfide) groups is 1. The Morgan fingerprint density at radius 1 is 1.08 bits per heavy atom. The van der Waals surface area contributed by atoms with E-state index in [9.17, 15) is 9.59 Å². The molecule has 0 aliphatic heterocycles. The number of rotatable bonds is 7. The van der Waals surface area contributed by atoms with Crippen molar-refractivity contribution in [3.05, 3.63) is 76.8 Å². The largest absolute Gasteiger partial charge is 0.326 e. The Morgan fingerprint density at radius 3 is 2.58 bits per heavy atom. The van der Waals surface area contributed by atoms with Gasteiger partial charge in [-0.1, -0.05) is 60.3 Å². The van der Waals surface area contributed by atoms with Gasteiger partial charge in [-0.2, -0.15) is 0 Å². The van der Waals surface area contributed by atoms with Crippen molar-refractivity contribution in [1.82, 2.24) is 4.98 Å². The predicted octanol–water partition coefficient (Wildman–Crippen LogP) is 4.61. The number of aromatic nitrogens is 1. The van der Waals surface area contributed by atoms with Crippen molar-refractivity contribution in [2.45, 2.75) is 17.7 Å². The van der Waals surface area contributed by atoms with Crippen LogP contribution in [0.5, 0.6) is 0 Å². The van der Waals surface area contributed by atoms with Crippen LogP contribution in [0.3, 0.4) is 0 Å². The highest BCUT2D eigenvalue weighted by Crippen LogP contribution is 2.24. The van der Waals surface area contributed by atoms with Gasteiger partial charge in [0, 0.05) is 16.6 Å². The van der Waals surface area contributed by atoms with Crippen LogP contribution in [0, 0.1) is 6.92 Å². The molecule has 0 aliphatic rings. The molecule has 3 aromatic rings. The summed E-state index contributed by atoms with van der Waals surface area (Å²) >= 11 is 2.86. The maximum absolute atomic E-state index is 12.2. The number of aryl methyl sites for hydroxylation is 1. The third-order valence-electron chi connectivity index (χ3n) is 3.71. The SMILES string of the molecule is Cc1ccccc1NC(=O)Cc1csc(SCC(=O)c2ccccc2)n1. The molecule has 132 valence electrons. The monoisotopic (exact) mass is 382 g/mol. The van der Waals surface area contributed by atoms with Crippen molar-refractivity contribution in [3.8, 4) is 0 Å². The van der Waals surface area contributed by atoms with Crippen LogP contribution in [0.25, 0.3) is 0 Å². The third kappa shape index (κ3) is 5.03. The topological polar surface area (TPSA) is 59.1 Å². The van der Waals surface area contributed by atoms with E-state index in [-0.39, 0.29) is 18.1 Å². The Hall–Kier alpha value is -2.44. The van der Waals surface area contributed by atoms with E-state index in [1.165, 1.54) is 23.1 Å². The molecule has 1 amide bonds. The van der Waals surface area contributed by atoms with Gasteiger partial charge in [0.2, 0.25) is 5.91 Å². The highest BCUT2D eigenvalue weighted by atomic mass is 32.2. The molecule has 0 aliphatic carbocycles. The van der Waals surface area contributed by atoms with E-state index >= 15 is 0 Å². The summed E-state index contributed by atoms with van der Waals surface area (Å²) in [6.07, 6.45) is 0.220. The van der Waals surface area contributed by atoms with Gasteiger partial charge in [0.25, 0.3) is 0 Å². The first-order valence-corrected chi connectivity index (χ1v) is 9.99. The molecule has 6 heteroatoms. The highest BCUT2D eigenvalue weighted by molar-refractivity contribution is 8.01. The van der Waals surface area contributed by atoms with Crippen molar-refractivity contribution in [2.75, 3.05) is 11.1 Å². The number of hydrogen-bond acceptors (Lipinski definition) is 5. The van der Waals surface area contributed by atoms with Gasteiger partial charge in [-0.05, 0) is 18.6 Å². The average molecular weight is 383 g/mol. The van der Waals surface area contributed by atoms with Crippen LogP contribution >= 0.6 is 23.1 Å². The van der Waals surface area contributed by atoms with Gasteiger partial charge in [-0.3, -0.25) is 9.59 Å². The van der Waals surface area contributed by atoms with Gasteiger partial charge >= 0.3 is 0 Å². The molecule has 0 saturated heterocycles. The minimum absolute atomic E-state index is 0.0737. The summed E-state index contributed by atoms with van der Waals surface area (Å²) in [5, 5.41) is 4.77. The zero-order chi connectivity index (χ0) is 18.4. The van der Waals surface area contributed by atoms with E-state index in [4.69, 9.17) is 0 Å². The maximum Gasteiger partial charge on any atom is 0.230 e. The summed E-state index contributed by atoms with van der Waals surface area (Å²) < 4.78 is 0.799. The van der Waals surface area contributed by atoms with Crippen LogP contribution in [0.2, 0.25) is 0 Å². The number of carbonyl (C=O) groups is 2. The average Bonchev–Trinajstić information content (AvgIpc) is 3.09. The number of anilines is 1. The molecule has 0 saturated carbocycles. The first-order valence-electron chi connectivity index (χ1n) is 8.13. The molecule has 2 aromatic carbocycles. The molecule has 0 spiro atoms. The van der Waals surface area contributed by atoms with Crippen LogP contribution in [-0.4, -0.2) is 22.4 Å². The van der Waals surface area contributed by atoms with Gasteiger partial charge in [-0.15, -0.1) is 11.3 Å². The number of benzene rings is 2. The lowest BCUT2D eigenvalue weighted by atomic mass is 10.2. The van der Waals surface area contributed by atoms with E-state index in [1.807, 2.05) is 66.9 Å². The number of nitrogens with one attached hydrogen (secondary N) is 1. The smallest absolute Gasteiger partial charge is 0.230 e. The maximum atomic E-state index is 12.2. The van der Waals surface area contributed by atoms with Crippen LogP contribution in [0.15, 0.2) is 64.3 Å². The van der Waals surface area contributed by atoms with E-state index < -0.39 is 0 Å². The van der Waals surface area contributed by atoms with Crippen LogP contribution in [0.1, 0.15) is 21.6 Å². The number of ketones is 1. The van der Waals surface area contributed by atoms with Crippen molar-refractivity contribution in [2.24, 2.45) is 0 Å². The second-order valence-corrected chi connectivity index (χ2v) is 7.80. The summed E-state index contributed by atoms with van der Waals surface area (Å²) in [5.74, 6) is 0.318. The summed E-state index contributed by atoms with van der Waals surface area (Å²) in [6.45, 7) is 1.96. The van der Waals surface area contributed by atoms with Gasteiger partial charge < -0.3 is 5.32 Å². The number of amides is 1. The van der Waals surface area contributed by atoms with Crippen molar-refractivity contribution < 1.29 is 9.59 Å². The first kappa shape index (κ1) is 18.4. The Balaban J connectivity index is 1.52. The zero-order valence-electron chi connectivity index (χ0n) is 14.3. The molecule has 26 heavy (non-hydrogen) atoms. The fourth-order valence-corrected chi connectivity index (χ4v) is 4.08. The molecule has 0 fully saturated rings.